The highest BCUT2D eigenvalue weighted by Gasteiger charge is 2.37. The molecule has 9 nitrogen and oxygen atoms in total. The Kier molecular flexibility index (Phi) is 6.61. The highest BCUT2D eigenvalue weighted by atomic mass is 16.4. The lowest BCUT2D eigenvalue weighted by Crippen LogP contribution is -2.54. The fourth-order valence-corrected chi connectivity index (χ4v) is 3.56. The predicted octanol–water partition coefficient (Wildman–Crippen LogP) is 0.0826. The molecule has 1 aromatic carbocycles. The summed E-state index contributed by atoms with van der Waals surface area (Å²) in [7, 11) is 0. The van der Waals surface area contributed by atoms with Crippen LogP contribution in [0, 0.1) is 0 Å². The number of carboxylic acid groups (broad SMARTS) is 1. The number of carbonyl (C=O) groups is 3. The van der Waals surface area contributed by atoms with Crippen LogP contribution in [0.1, 0.15) is 24.1 Å². The van der Waals surface area contributed by atoms with Crippen molar-refractivity contribution < 1.29 is 19.5 Å². The van der Waals surface area contributed by atoms with E-state index in [2.05, 4.69) is 15.3 Å². The van der Waals surface area contributed by atoms with Gasteiger partial charge in [-0.05, 0) is 24.8 Å². The number of carbonyl (C=O) groups excluding carboxylic acids is 2. The van der Waals surface area contributed by atoms with Gasteiger partial charge in [0.1, 0.15) is 12.1 Å². The van der Waals surface area contributed by atoms with Crippen LogP contribution in [-0.2, 0) is 27.2 Å². The molecule has 9 heteroatoms. The summed E-state index contributed by atoms with van der Waals surface area (Å²) in [5.74, 6) is -1.92. The van der Waals surface area contributed by atoms with Gasteiger partial charge in [0.05, 0.1) is 12.4 Å². The summed E-state index contributed by atoms with van der Waals surface area (Å²) in [6, 6.07) is 6.86. The van der Waals surface area contributed by atoms with Crippen LogP contribution in [-0.4, -0.2) is 62.4 Å². The Morgan fingerprint density at radius 2 is 2.03 bits per heavy atom. The Balaban J connectivity index is 1.63. The Hall–Kier alpha value is -3.20. The molecule has 0 aliphatic carbocycles. The van der Waals surface area contributed by atoms with E-state index in [0.29, 0.717) is 31.5 Å². The van der Waals surface area contributed by atoms with Gasteiger partial charge < -0.3 is 26.0 Å². The zero-order chi connectivity index (χ0) is 20.8. The maximum absolute atomic E-state index is 12.8. The quantitative estimate of drug-likeness (QED) is 0.495. The van der Waals surface area contributed by atoms with Gasteiger partial charge in [-0.15, -0.1) is 0 Å². The van der Waals surface area contributed by atoms with Crippen LogP contribution in [0.15, 0.2) is 42.9 Å². The van der Waals surface area contributed by atoms with Gasteiger partial charge in [-0.25, -0.2) is 9.78 Å². The molecular weight excluding hydrogens is 374 g/mol. The van der Waals surface area contributed by atoms with Gasteiger partial charge in [0.15, 0.2) is 0 Å². The number of benzene rings is 1. The Bertz CT molecular complexity index is 840. The van der Waals surface area contributed by atoms with Crippen molar-refractivity contribution in [2.75, 3.05) is 6.54 Å². The number of hydrogen-bond acceptors (Lipinski definition) is 5. The molecule has 154 valence electrons. The van der Waals surface area contributed by atoms with Gasteiger partial charge in [0.25, 0.3) is 0 Å². The highest BCUT2D eigenvalue weighted by Crippen LogP contribution is 2.19. The van der Waals surface area contributed by atoms with Gasteiger partial charge in [0, 0.05) is 24.9 Å². The average molecular weight is 399 g/mol. The van der Waals surface area contributed by atoms with Gasteiger partial charge >= 0.3 is 5.97 Å². The fraction of sp³-hybridized carbons (Fsp3) is 0.400. The van der Waals surface area contributed by atoms with E-state index in [0.717, 1.165) is 5.56 Å². The molecule has 0 bridgehead atoms. The van der Waals surface area contributed by atoms with Gasteiger partial charge in [-0.2, -0.15) is 0 Å². The predicted molar refractivity (Wildman–Crippen MR) is 105 cm³/mol. The molecule has 1 aromatic heterocycles. The average Bonchev–Trinajstić information content (AvgIpc) is 3.39. The SMILES string of the molecule is N[C@@H](Cc1ccccc1)C(=O)N1CCC[C@H]1C(=O)N[C@@H](Cc1cnc[nH]1)C(=O)O. The number of amides is 2. The Morgan fingerprint density at radius 3 is 2.69 bits per heavy atom. The number of aliphatic carboxylic acids is 1. The third kappa shape index (κ3) is 5.20. The van der Waals surface area contributed by atoms with Crippen molar-refractivity contribution >= 4 is 17.8 Å². The standard InChI is InChI=1S/C20H25N5O4/c21-15(9-13-5-2-1-3-6-13)19(27)25-8-4-7-17(25)18(26)24-16(20(28)29)10-14-11-22-12-23-14/h1-3,5-6,11-12,15-17H,4,7-10,21H2,(H,22,23)(H,24,26)(H,28,29)/t15-,16-,17-/m0/s1. The maximum atomic E-state index is 12.8. The van der Waals surface area contributed by atoms with Crippen molar-refractivity contribution in [1.82, 2.24) is 20.2 Å². The summed E-state index contributed by atoms with van der Waals surface area (Å²) in [6.45, 7) is 0.428. The summed E-state index contributed by atoms with van der Waals surface area (Å²) < 4.78 is 0. The molecule has 3 atom stereocenters. The van der Waals surface area contributed by atoms with Crippen LogP contribution >= 0.6 is 0 Å². The molecule has 0 radical (unpaired) electrons. The number of nitrogens with one attached hydrogen (secondary N) is 2. The molecule has 1 aliphatic rings. The van der Waals surface area contributed by atoms with Crippen LogP contribution in [0.5, 0.6) is 0 Å². The lowest BCUT2D eigenvalue weighted by molar-refractivity contribution is -0.144. The number of carboxylic acids is 1. The van der Waals surface area contributed by atoms with E-state index in [1.165, 1.54) is 17.4 Å². The molecular formula is C20H25N5O4. The summed E-state index contributed by atoms with van der Waals surface area (Å²) in [5.41, 5.74) is 7.65. The minimum absolute atomic E-state index is 0.0786. The molecule has 0 unspecified atom stereocenters. The number of hydrogen-bond donors (Lipinski definition) is 4. The third-order valence-electron chi connectivity index (χ3n) is 5.05. The Morgan fingerprint density at radius 1 is 1.28 bits per heavy atom. The molecule has 2 aromatic rings. The van der Waals surface area contributed by atoms with Crippen LogP contribution in [0.2, 0.25) is 0 Å². The number of rotatable bonds is 8. The summed E-state index contributed by atoms with van der Waals surface area (Å²) in [4.78, 5) is 45.3. The summed E-state index contributed by atoms with van der Waals surface area (Å²) >= 11 is 0. The van der Waals surface area contributed by atoms with E-state index in [-0.39, 0.29) is 12.3 Å². The first kappa shape index (κ1) is 20.5. The van der Waals surface area contributed by atoms with E-state index in [9.17, 15) is 19.5 Å². The maximum Gasteiger partial charge on any atom is 0.326 e. The Labute approximate surface area is 168 Å². The first-order valence-electron chi connectivity index (χ1n) is 9.56. The second kappa shape index (κ2) is 9.33. The molecule has 2 heterocycles. The first-order chi connectivity index (χ1) is 14.0. The van der Waals surface area contributed by atoms with Crippen LogP contribution in [0.3, 0.4) is 0 Å². The van der Waals surface area contributed by atoms with Crippen molar-refractivity contribution in [3.63, 3.8) is 0 Å². The van der Waals surface area contributed by atoms with Gasteiger partial charge in [0.2, 0.25) is 11.8 Å². The first-order valence-corrected chi connectivity index (χ1v) is 9.56. The van der Waals surface area contributed by atoms with E-state index in [4.69, 9.17) is 5.73 Å². The van der Waals surface area contributed by atoms with E-state index < -0.39 is 30.0 Å². The smallest absolute Gasteiger partial charge is 0.326 e. The number of imidazole rings is 1. The minimum atomic E-state index is -1.15. The zero-order valence-corrected chi connectivity index (χ0v) is 16.0. The topological polar surface area (TPSA) is 141 Å². The van der Waals surface area contributed by atoms with Gasteiger partial charge in [-0.1, -0.05) is 30.3 Å². The highest BCUT2D eigenvalue weighted by molar-refractivity contribution is 5.92. The van der Waals surface area contributed by atoms with Crippen LogP contribution < -0.4 is 11.1 Å². The third-order valence-corrected chi connectivity index (χ3v) is 5.05. The number of nitrogens with zero attached hydrogens (tertiary/aromatic N) is 2. The van der Waals surface area contributed by atoms with Crippen molar-refractivity contribution in [3.8, 4) is 0 Å². The van der Waals surface area contributed by atoms with Crippen molar-refractivity contribution in [3.05, 3.63) is 54.1 Å². The zero-order valence-electron chi connectivity index (χ0n) is 16.0. The number of likely N-dealkylation sites (tertiary alicyclic amines) is 1. The van der Waals surface area contributed by atoms with Crippen molar-refractivity contribution in [1.29, 1.82) is 0 Å². The van der Waals surface area contributed by atoms with Crippen LogP contribution in [0.4, 0.5) is 0 Å². The van der Waals surface area contributed by atoms with Crippen molar-refractivity contribution in [2.45, 2.75) is 43.8 Å². The molecule has 3 rings (SSSR count). The molecule has 29 heavy (non-hydrogen) atoms. The van der Waals surface area contributed by atoms with E-state index in [1.54, 1.807) is 0 Å². The molecule has 1 fully saturated rings. The number of aromatic amines is 1. The number of nitrogens with two attached hydrogens (primary N) is 1. The van der Waals surface area contributed by atoms with Crippen LogP contribution in [0.25, 0.3) is 0 Å². The normalized spacial score (nSPS) is 18.2. The molecule has 0 spiro atoms. The molecule has 5 N–H and O–H groups in total. The van der Waals surface area contributed by atoms with E-state index in [1.807, 2.05) is 30.3 Å². The monoisotopic (exact) mass is 399 g/mol. The molecule has 0 saturated carbocycles. The molecule has 2 amide bonds. The van der Waals surface area contributed by atoms with Crippen molar-refractivity contribution in [2.24, 2.45) is 5.73 Å². The second-order valence-electron chi connectivity index (χ2n) is 7.17. The lowest BCUT2D eigenvalue weighted by atomic mass is 10.0. The minimum Gasteiger partial charge on any atom is -0.480 e. The summed E-state index contributed by atoms with van der Waals surface area (Å²) in [5, 5.41) is 12.0. The largest absolute Gasteiger partial charge is 0.480 e. The molecule has 1 saturated heterocycles. The second-order valence-corrected chi connectivity index (χ2v) is 7.17. The number of H-pyrrole nitrogens is 1. The van der Waals surface area contributed by atoms with E-state index >= 15 is 0 Å². The lowest BCUT2D eigenvalue weighted by Gasteiger charge is -2.27. The van der Waals surface area contributed by atoms with Gasteiger partial charge in [-0.3, -0.25) is 9.59 Å². The molecule has 1 aliphatic heterocycles. The number of aromatic nitrogens is 2. The fourth-order valence-electron chi connectivity index (χ4n) is 3.56. The summed E-state index contributed by atoms with van der Waals surface area (Å²) in [6.07, 6.45) is 4.56.